The van der Waals surface area contributed by atoms with Gasteiger partial charge in [0.2, 0.25) is 0 Å². The first-order valence-electron chi connectivity index (χ1n) is 8.20. The van der Waals surface area contributed by atoms with E-state index in [4.69, 9.17) is 0 Å². The Morgan fingerprint density at radius 3 is 2.91 bits per heavy atom. The number of fused-ring (bicyclic) bond motifs is 5. The van der Waals surface area contributed by atoms with Crippen molar-refractivity contribution in [1.29, 1.82) is 0 Å². The van der Waals surface area contributed by atoms with Gasteiger partial charge in [0.25, 0.3) is 0 Å². The minimum atomic E-state index is 0.429. The van der Waals surface area contributed by atoms with Crippen LogP contribution in [-0.2, 0) is 0 Å². The Hall–Kier alpha value is -2.10. The molecule has 0 saturated carbocycles. The van der Waals surface area contributed by atoms with Gasteiger partial charge in [0, 0.05) is 24.6 Å². The number of benzene rings is 1. The molecule has 1 aromatic carbocycles. The molecule has 4 rings (SSSR count). The van der Waals surface area contributed by atoms with Gasteiger partial charge in [-0.25, -0.2) is 9.97 Å². The number of anilines is 2. The van der Waals surface area contributed by atoms with E-state index in [-0.39, 0.29) is 0 Å². The maximum atomic E-state index is 4.52. The molecular weight excluding hydrogens is 272 g/mol. The Kier molecular flexibility index (Phi) is 3.25. The molecule has 0 amide bonds. The standard InChI is InChI=1S/C18H22N4/c1-3-12(2)21-17-9-18(20-11-19-17)22-10-13-8-16(22)15-7-5-4-6-14(13)15/h4-7,9,11-13,16H,3,8,10H2,1-2H3,(H,19,20,21)/t12-,13+,16-/m0/s1. The summed E-state index contributed by atoms with van der Waals surface area (Å²) in [4.78, 5) is 11.3. The molecule has 1 aliphatic carbocycles. The average molecular weight is 294 g/mol. The second-order valence-corrected chi connectivity index (χ2v) is 6.44. The first-order chi connectivity index (χ1) is 10.8. The van der Waals surface area contributed by atoms with Crippen molar-refractivity contribution in [2.45, 2.75) is 44.7 Å². The van der Waals surface area contributed by atoms with Gasteiger partial charge in [0.05, 0.1) is 6.04 Å². The van der Waals surface area contributed by atoms with Crippen LogP contribution < -0.4 is 10.2 Å². The van der Waals surface area contributed by atoms with Gasteiger partial charge in [-0.3, -0.25) is 0 Å². The Labute approximate surface area is 131 Å². The molecule has 0 radical (unpaired) electrons. The van der Waals surface area contributed by atoms with Crippen molar-refractivity contribution in [3.8, 4) is 0 Å². The lowest BCUT2D eigenvalue weighted by atomic mass is 9.99. The van der Waals surface area contributed by atoms with Gasteiger partial charge in [-0.15, -0.1) is 0 Å². The number of nitrogens with zero attached hydrogens (tertiary/aromatic N) is 3. The van der Waals surface area contributed by atoms with Crippen LogP contribution in [0.3, 0.4) is 0 Å². The highest BCUT2D eigenvalue weighted by Gasteiger charge is 2.42. The van der Waals surface area contributed by atoms with Crippen LogP contribution in [0.25, 0.3) is 0 Å². The molecule has 1 fully saturated rings. The van der Waals surface area contributed by atoms with E-state index in [1.165, 1.54) is 17.5 Å². The Bertz CT molecular complexity index is 684. The number of aromatic nitrogens is 2. The van der Waals surface area contributed by atoms with Crippen LogP contribution in [0.4, 0.5) is 11.6 Å². The van der Waals surface area contributed by atoms with Crippen LogP contribution in [-0.4, -0.2) is 22.6 Å². The molecule has 2 aliphatic rings. The summed E-state index contributed by atoms with van der Waals surface area (Å²) in [6, 6.07) is 11.9. The minimum Gasteiger partial charge on any atom is -0.367 e. The minimum absolute atomic E-state index is 0.429. The third kappa shape index (κ3) is 2.14. The summed E-state index contributed by atoms with van der Waals surface area (Å²) in [7, 11) is 0. The second kappa shape index (κ2) is 5.27. The fourth-order valence-corrected chi connectivity index (χ4v) is 3.73. The number of hydrogen-bond donors (Lipinski definition) is 1. The highest BCUT2D eigenvalue weighted by atomic mass is 15.3. The van der Waals surface area contributed by atoms with E-state index in [1.807, 2.05) is 0 Å². The summed E-state index contributed by atoms with van der Waals surface area (Å²) in [6.07, 6.45) is 3.98. The predicted octanol–water partition coefficient (Wildman–Crippen LogP) is 3.74. The summed E-state index contributed by atoms with van der Waals surface area (Å²) in [5.74, 6) is 2.63. The van der Waals surface area contributed by atoms with Crippen LogP contribution in [0.2, 0.25) is 0 Å². The largest absolute Gasteiger partial charge is 0.367 e. The van der Waals surface area contributed by atoms with Crippen molar-refractivity contribution < 1.29 is 0 Å². The first-order valence-corrected chi connectivity index (χ1v) is 8.20. The van der Waals surface area contributed by atoms with Gasteiger partial charge in [0.1, 0.15) is 18.0 Å². The summed E-state index contributed by atoms with van der Waals surface area (Å²) in [5.41, 5.74) is 3.02. The summed E-state index contributed by atoms with van der Waals surface area (Å²) in [5, 5.41) is 3.44. The normalized spacial score (nSPS) is 23.5. The molecule has 1 aromatic heterocycles. The highest BCUT2D eigenvalue weighted by molar-refractivity contribution is 5.56. The zero-order valence-corrected chi connectivity index (χ0v) is 13.2. The van der Waals surface area contributed by atoms with Crippen LogP contribution in [0, 0.1) is 0 Å². The molecular formula is C18H22N4. The van der Waals surface area contributed by atoms with Gasteiger partial charge in [0.15, 0.2) is 0 Å². The summed E-state index contributed by atoms with van der Waals surface area (Å²) < 4.78 is 0. The van der Waals surface area contributed by atoms with E-state index < -0.39 is 0 Å². The van der Waals surface area contributed by atoms with E-state index in [2.05, 4.69) is 64.4 Å². The molecule has 0 spiro atoms. The molecule has 4 heteroatoms. The lowest BCUT2D eigenvalue weighted by Crippen LogP contribution is -2.28. The molecule has 114 valence electrons. The summed E-state index contributed by atoms with van der Waals surface area (Å²) >= 11 is 0. The van der Waals surface area contributed by atoms with Crippen molar-refractivity contribution in [2.75, 3.05) is 16.8 Å². The van der Waals surface area contributed by atoms with E-state index in [0.717, 1.165) is 24.6 Å². The van der Waals surface area contributed by atoms with Gasteiger partial charge in [-0.1, -0.05) is 31.2 Å². The fourth-order valence-electron chi connectivity index (χ4n) is 3.73. The van der Waals surface area contributed by atoms with Gasteiger partial charge in [-0.2, -0.15) is 0 Å². The van der Waals surface area contributed by atoms with Crippen molar-refractivity contribution in [3.05, 3.63) is 47.8 Å². The topological polar surface area (TPSA) is 41.0 Å². The molecule has 1 saturated heterocycles. The van der Waals surface area contributed by atoms with Crippen LogP contribution in [0.15, 0.2) is 36.7 Å². The Morgan fingerprint density at radius 2 is 2.09 bits per heavy atom. The van der Waals surface area contributed by atoms with E-state index in [0.29, 0.717) is 18.0 Å². The fraction of sp³-hybridized carbons (Fsp3) is 0.444. The molecule has 2 heterocycles. The third-order valence-corrected chi connectivity index (χ3v) is 5.05. The lowest BCUT2D eigenvalue weighted by Gasteiger charge is -2.30. The highest BCUT2D eigenvalue weighted by Crippen LogP contribution is 2.51. The second-order valence-electron chi connectivity index (χ2n) is 6.44. The smallest absolute Gasteiger partial charge is 0.134 e. The first kappa shape index (κ1) is 13.6. The summed E-state index contributed by atoms with van der Waals surface area (Å²) in [6.45, 7) is 5.42. The lowest BCUT2D eigenvalue weighted by molar-refractivity contribution is 0.726. The van der Waals surface area contributed by atoms with Crippen molar-refractivity contribution >= 4 is 11.6 Å². The van der Waals surface area contributed by atoms with Gasteiger partial charge < -0.3 is 10.2 Å². The molecule has 1 aliphatic heterocycles. The molecule has 0 unspecified atom stereocenters. The maximum Gasteiger partial charge on any atom is 0.134 e. The van der Waals surface area contributed by atoms with Gasteiger partial charge in [-0.05, 0) is 30.9 Å². The van der Waals surface area contributed by atoms with Crippen LogP contribution in [0.1, 0.15) is 49.8 Å². The van der Waals surface area contributed by atoms with Crippen molar-refractivity contribution in [2.24, 2.45) is 0 Å². The van der Waals surface area contributed by atoms with E-state index in [9.17, 15) is 0 Å². The molecule has 2 aromatic rings. The van der Waals surface area contributed by atoms with E-state index >= 15 is 0 Å². The zero-order valence-electron chi connectivity index (χ0n) is 13.2. The average Bonchev–Trinajstić information content (AvgIpc) is 3.14. The van der Waals surface area contributed by atoms with Crippen LogP contribution in [0.5, 0.6) is 0 Å². The number of hydrogen-bond acceptors (Lipinski definition) is 4. The third-order valence-electron chi connectivity index (χ3n) is 5.05. The van der Waals surface area contributed by atoms with Gasteiger partial charge >= 0.3 is 0 Å². The molecule has 3 atom stereocenters. The Morgan fingerprint density at radius 1 is 1.27 bits per heavy atom. The molecule has 22 heavy (non-hydrogen) atoms. The SMILES string of the molecule is CC[C@H](C)Nc1cc(N2C[C@H]3C[C@H]2c2ccccc23)ncn1. The van der Waals surface area contributed by atoms with E-state index in [1.54, 1.807) is 6.33 Å². The maximum absolute atomic E-state index is 4.52. The molecule has 2 bridgehead atoms. The quantitative estimate of drug-likeness (QED) is 0.932. The molecule has 1 N–H and O–H groups in total. The Balaban J connectivity index is 1.61. The zero-order chi connectivity index (χ0) is 15.1. The van der Waals surface area contributed by atoms with Crippen molar-refractivity contribution in [1.82, 2.24) is 9.97 Å². The van der Waals surface area contributed by atoms with Crippen molar-refractivity contribution in [3.63, 3.8) is 0 Å². The monoisotopic (exact) mass is 294 g/mol. The number of nitrogens with one attached hydrogen (secondary N) is 1. The van der Waals surface area contributed by atoms with Crippen LogP contribution >= 0.6 is 0 Å². The molecule has 4 nitrogen and oxygen atoms in total. The number of rotatable bonds is 4. The predicted molar refractivity (Wildman–Crippen MR) is 89.3 cm³/mol.